The van der Waals surface area contributed by atoms with E-state index in [1.165, 1.54) is 13.2 Å². The minimum atomic E-state index is -0.731. The summed E-state index contributed by atoms with van der Waals surface area (Å²) in [4.78, 5) is 7.34. The number of nitrogens with two attached hydrogens (primary N) is 2. The molecule has 0 saturated heterocycles. The maximum absolute atomic E-state index is 13.8. The first kappa shape index (κ1) is 12.4. The van der Waals surface area contributed by atoms with Crippen LogP contribution in [0.1, 0.15) is 0 Å². The van der Waals surface area contributed by atoms with Gasteiger partial charge in [0.05, 0.1) is 12.1 Å². The summed E-state index contributed by atoms with van der Waals surface area (Å²) in [6.45, 7) is 0. The van der Waals surface area contributed by atoms with Crippen molar-refractivity contribution in [2.75, 3.05) is 18.6 Å². The van der Waals surface area contributed by atoms with Crippen molar-refractivity contribution in [1.29, 1.82) is 0 Å². The summed E-state index contributed by atoms with van der Waals surface area (Å²) < 4.78 is 18.8. The van der Waals surface area contributed by atoms with Crippen LogP contribution >= 0.6 is 11.6 Å². The number of ether oxygens (including phenoxy) is 1. The van der Waals surface area contributed by atoms with E-state index in [0.29, 0.717) is 16.3 Å². The Labute approximate surface area is 108 Å². The maximum atomic E-state index is 13.8. The van der Waals surface area contributed by atoms with Gasteiger partial charge in [0.15, 0.2) is 11.6 Å². The van der Waals surface area contributed by atoms with Crippen LogP contribution in [0.2, 0.25) is 5.02 Å². The number of aromatic nitrogens is 2. The second kappa shape index (κ2) is 4.66. The molecule has 0 aliphatic heterocycles. The van der Waals surface area contributed by atoms with Gasteiger partial charge >= 0.3 is 0 Å². The van der Waals surface area contributed by atoms with Gasteiger partial charge in [-0.1, -0.05) is 11.6 Å². The largest absolute Gasteiger partial charge is 0.495 e. The van der Waals surface area contributed by atoms with Gasteiger partial charge in [-0.25, -0.2) is 9.37 Å². The van der Waals surface area contributed by atoms with Gasteiger partial charge in [0.1, 0.15) is 11.4 Å². The van der Waals surface area contributed by atoms with E-state index < -0.39 is 5.82 Å². The van der Waals surface area contributed by atoms with Gasteiger partial charge in [-0.2, -0.15) is 4.98 Å². The van der Waals surface area contributed by atoms with Crippen molar-refractivity contribution < 1.29 is 9.13 Å². The van der Waals surface area contributed by atoms with Gasteiger partial charge in [-0.05, 0) is 18.2 Å². The van der Waals surface area contributed by atoms with Crippen LogP contribution < -0.4 is 16.2 Å². The first-order valence-electron chi connectivity index (χ1n) is 4.95. The molecule has 0 fully saturated rings. The molecule has 7 heteroatoms. The summed E-state index contributed by atoms with van der Waals surface area (Å²) in [5, 5.41) is 0.338. The van der Waals surface area contributed by atoms with Crippen LogP contribution in [0.4, 0.5) is 16.2 Å². The molecule has 1 aromatic heterocycles. The van der Waals surface area contributed by atoms with Crippen LogP contribution in [0.3, 0.4) is 0 Å². The van der Waals surface area contributed by atoms with E-state index in [1.54, 1.807) is 12.1 Å². The molecule has 0 aliphatic carbocycles. The Bertz CT molecular complexity index is 606. The molecule has 0 spiro atoms. The average Bonchev–Trinajstić information content (AvgIpc) is 2.33. The fourth-order valence-corrected chi connectivity index (χ4v) is 1.75. The highest BCUT2D eigenvalue weighted by Gasteiger charge is 2.14. The molecule has 2 rings (SSSR count). The zero-order chi connectivity index (χ0) is 13.3. The van der Waals surface area contributed by atoms with Crippen molar-refractivity contribution in [3.05, 3.63) is 29.0 Å². The second-order valence-corrected chi connectivity index (χ2v) is 3.89. The van der Waals surface area contributed by atoms with Gasteiger partial charge < -0.3 is 16.2 Å². The number of rotatable bonds is 2. The Hall–Kier alpha value is -2.08. The number of hydrogen-bond acceptors (Lipinski definition) is 5. The zero-order valence-corrected chi connectivity index (χ0v) is 10.2. The van der Waals surface area contributed by atoms with E-state index in [9.17, 15) is 4.39 Å². The predicted molar refractivity (Wildman–Crippen MR) is 67.8 cm³/mol. The standard InChI is InChI=1S/C11H10ClFN4O/c1-18-7-3-2-5(4-6(7)12)9-8(13)10(14)17-11(15)16-9/h2-4H,1H3,(H4,14,15,16,17). The SMILES string of the molecule is COc1ccc(-c2nc(N)nc(N)c2F)cc1Cl. The minimum absolute atomic E-state index is 0.00422. The number of nitrogens with zero attached hydrogens (tertiary/aromatic N) is 2. The van der Waals surface area contributed by atoms with Crippen LogP contribution in [0.25, 0.3) is 11.3 Å². The number of anilines is 2. The molecule has 0 unspecified atom stereocenters. The predicted octanol–water partition coefficient (Wildman–Crippen LogP) is 2.11. The van der Waals surface area contributed by atoms with E-state index in [0.717, 1.165) is 0 Å². The molecule has 18 heavy (non-hydrogen) atoms. The van der Waals surface area contributed by atoms with Crippen LogP contribution in [0, 0.1) is 5.82 Å². The Morgan fingerprint density at radius 2 is 2.00 bits per heavy atom. The van der Waals surface area contributed by atoms with Crippen molar-refractivity contribution in [3.63, 3.8) is 0 Å². The summed E-state index contributed by atoms with van der Waals surface area (Å²) >= 11 is 5.96. The third-order valence-electron chi connectivity index (χ3n) is 2.32. The van der Waals surface area contributed by atoms with Crippen molar-refractivity contribution in [3.8, 4) is 17.0 Å². The Morgan fingerprint density at radius 3 is 2.61 bits per heavy atom. The van der Waals surface area contributed by atoms with Gasteiger partial charge in [0, 0.05) is 5.56 Å². The first-order valence-corrected chi connectivity index (χ1v) is 5.33. The minimum Gasteiger partial charge on any atom is -0.495 e. The molecular weight excluding hydrogens is 259 g/mol. The van der Waals surface area contributed by atoms with E-state index in [2.05, 4.69) is 9.97 Å². The topological polar surface area (TPSA) is 87.0 Å². The molecule has 0 saturated carbocycles. The molecule has 0 amide bonds. The Morgan fingerprint density at radius 1 is 1.28 bits per heavy atom. The molecule has 94 valence electrons. The Balaban J connectivity index is 2.58. The summed E-state index contributed by atoms with van der Waals surface area (Å²) in [5.41, 5.74) is 11.3. The van der Waals surface area contributed by atoms with Gasteiger partial charge in [0.2, 0.25) is 5.95 Å². The van der Waals surface area contributed by atoms with Crippen molar-refractivity contribution in [2.45, 2.75) is 0 Å². The lowest BCUT2D eigenvalue weighted by atomic mass is 10.1. The van der Waals surface area contributed by atoms with Crippen LogP contribution in [0.5, 0.6) is 5.75 Å². The van der Waals surface area contributed by atoms with E-state index in [4.69, 9.17) is 27.8 Å². The monoisotopic (exact) mass is 268 g/mol. The highest BCUT2D eigenvalue weighted by atomic mass is 35.5. The normalized spacial score (nSPS) is 10.4. The number of methoxy groups -OCH3 is 1. The van der Waals surface area contributed by atoms with E-state index in [1.807, 2.05) is 0 Å². The first-order chi connectivity index (χ1) is 8.52. The molecule has 0 radical (unpaired) electrons. The molecule has 2 aromatic rings. The lowest BCUT2D eigenvalue weighted by Crippen LogP contribution is -2.05. The van der Waals surface area contributed by atoms with Gasteiger partial charge in [-0.15, -0.1) is 0 Å². The van der Waals surface area contributed by atoms with Crippen molar-refractivity contribution in [2.24, 2.45) is 0 Å². The lowest BCUT2D eigenvalue weighted by molar-refractivity contribution is 0.415. The fourth-order valence-electron chi connectivity index (χ4n) is 1.49. The second-order valence-electron chi connectivity index (χ2n) is 3.48. The fraction of sp³-hybridized carbons (Fsp3) is 0.0909. The number of benzene rings is 1. The lowest BCUT2D eigenvalue weighted by Gasteiger charge is -2.08. The van der Waals surface area contributed by atoms with Crippen molar-refractivity contribution >= 4 is 23.4 Å². The number of nitrogen functional groups attached to an aromatic ring is 2. The molecular formula is C11H10ClFN4O. The van der Waals surface area contributed by atoms with Gasteiger partial charge in [-0.3, -0.25) is 0 Å². The van der Waals surface area contributed by atoms with Crippen LogP contribution in [0.15, 0.2) is 18.2 Å². The third-order valence-corrected chi connectivity index (χ3v) is 2.61. The molecule has 5 nitrogen and oxygen atoms in total. The summed E-state index contributed by atoms with van der Waals surface area (Å²) in [7, 11) is 1.49. The quantitative estimate of drug-likeness (QED) is 0.871. The van der Waals surface area contributed by atoms with E-state index >= 15 is 0 Å². The Kier molecular flexibility index (Phi) is 3.20. The van der Waals surface area contributed by atoms with Crippen molar-refractivity contribution in [1.82, 2.24) is 9.97 Å². The highest BCUT2D eigenvalue weighted by Crippen LogP contribution is 2.31. The smallest absolute Gasteiger partial charge is 0.222 e. The highest BCUT2D eigenvalue weighted by molar-refractivity contribution is 6.32. The zero-order valence-electron chi connectivity index (χ0n) is 9.45. The molecule has 0 atom stereocenters. The molecule has 1 aromatic carbocycles. The van der Waals surface area contributed by atoms with Crippen LogP contribution in [-0.2, 0) is 0 Å². The number of halogens is 2. The molecule has 1 heterocycles. The maximum Gasteiger partial charge on any atom is 0.222 e. The average molecular weight is 269 g/mol. The van der Waals surface area contributed by atoms with Gasteiger partial charge in [0.25, 0.3) is 0 Å². The molecule has 4 N–H and O–H groups in total. The number of hydrogen-bond donors (Lipinski definition) is 2. The molecule has 0 bridgehead atoms. The summed E-state index contributed by atoms with van der Waals surface area (Å²) in [6, 6.07) is 4.73. The molecule has 0 aliphatic rings. The summed E-state index contributed by atoms with van der Waals surface area (Å²) in [6.07, 6.45) is 0. The van der Waals surface area contributed by atoms with Crippen LogP contribution in [-0.4, -0.2) is 17.1 Å². The van der Waals surface area contributed by atoms with E-state index in [-0.39, 0.29) is 17.5 Å². The summed E-state index contributed by atoms with van der Waals surface area (Å²) in [5.74, 6) is -0.651. The third kappa shape index (κ3) is 2.14.